The lowest BCUT2D eigenvalue weighted by Crippen LogP contribution is -2.45. The van der Waals surface area contributed by atoms with Crippen molar-refractivity contribution in [2.75, 3.05) is 13.2 Å². The maximum Gasteiger partial charge on any atom is 0.408 e. The standard InChI is InChI=1S/C12H20N2O2/c1-4-7-10-16-12(15)14-11(8-5-2)13-9-6-3/h3,5,11,13H,2,4,7-10H2,1H3,(H,14,15). The number of terminal acetylenes is 1. The zero-order valence-corrected chi connectivity index (χ0v) is 9.79. The molecule has 0 heterocycles. The van der Waals surface area contributed by atoms with Crippen LogP contribution >= 0.6 is 0 Å². The van der Waals surface area contributed by atoms with Crippen LogP contribution < -0.4 is 10.6 Å². The normalized spacial score (nSPS) is 11.2. The van der Waals surface area contributed by atoms with Gasteiger partial charge in [0, 0.05) is 0 Å². The molecule has 0 aromatic carbocycles. The number of alkyl carbamates (subject to hydrolysis) is 1. The Balaban J connectivity index is 3.83. The molecule has 1 unspecified atom stereocenters. The molecule has 0 aliphatic heterocycles. The van der Waals surface area contributed by atoms with Crippen molar-refractivity contribution in [3.63, 3.8) is 0 Å². The third kappa shape index (κ3) is 7.89. The lowest BCUT2D eigenvalue weighted by atomic mass is 10.3. The van der Waals surface area contributed by atoms with Crippen molar-refractivity contribution in [1.29, 1.82) is 0 Å². The summed E-state index contributed by atoms with van der Waals surface area (Å²) in [5.41, 5.74) is 0. The Morgan fingerprint density at radius 2 is 2.44 bits per heavy atom. The van der Waals surface area contributed by atoms with Crippen LogP contribution in [0.2, 0.25) is 0 Å². The second-order valence-electron chi connectivity index (χ2n) is 3.30. The Bertz CT molecular complexity index is 246. The number of rotatable bonds is 8. The molecule has 0 aliphatic carbocycles. The summed E-state index contributed by atoms with van der Waals surface area (Å²) in [6, 6.07) is 0. The molecule has 0 saturated carbocycles. The van der Waals surface area contributed by atoms with Crippen molar-refractivity contribution in [2.45, 2.75) is 32.4 Å². The molecule has 0 aromatic rings. The Hall–Kier alpha value is -1.47. The van der Waals surface area contributed by atoms with Gasteiger partial charge in [0.15, 0.2) is 0 Å². The van der Waals surface area contributed by atoms with Crippen molar-refractivity contribution in [3.8, 4) is 12.3 Å². The fourth-order valence-electron chi connectivity index (χ4n) is 1.04. The summed E-state index contributed by atoms with van der Waals surface area (Å²) in [7, 11) is 0. The molecule has 1 amide bonds. The minimum absolute atomic E-state index is 0.220. The maximum atomic E-state index is 11.3. The Morgan fingerprint density at radius 1 is 1.69 bits per heavy atom. The number of hydrogen-bond acceptors (Lipinski definition) is 3. The van der Waals surface area contributed by atoms with Crippen LogP contribution in [0.25, 0.3) is 0 Å². The molecule has 0 bridgehead atoms. The number of unbranched alkanes of at least 4 members (excludes halogenated alkanes) is 1. The summed E-state index contributed by atoms with van der Waals surface area (Å²) in [6.45, 7) is 6.48. The maximum absolute atomic E-state index is 11.3. The molecule has 0 saturated heterocycles. The summed E-state index contributed by atoms with van der Waals surface area (Å²) < 4.78 is 4.96. The second-order valence-corrected chi connectivity index (χ2v) is 3.30. The van der Waals surface area contributed by atoms with Crippen molar-refractivity contribution in [3.05, 3.63) is 12.7 Å². The highest BCUT2D eigenvalue weighted by Gasteiger charge is 2.09. The van der Waals surface area contributed by atoms with Gasteiger partial charge < -0.3 is 10.1 Å². The van der Waals surface area contributed by atoms with Gasteiger partial charge in [-0.1, -0.05) is 25.3 Å². The van der Waals surface area contributed by atoms with E-state index < -0.39 is 6.09 Å². The van der Waals surface area contributed by atoms with Crippen LogP contribution in [0.4, 0.5) is 4.79 Å². The van der Waals surface area contributed by atoms with Gasteiger partial charge in [-0.2, -0.15) is 0 Å². The zero-order chi connectivity index (χ0) is 12.2. The lowest BCUT2D eigenvalue weighted by molar-refractivity contribution is 0.139. The van der Waals surface area contributed by atoms with Gasteiger partial charge in [0.25, 0.3) is 0 Å². The van der Waals surface area contributed by atoms with E-state index in [0.29, 0.717) is 19.6 Å². The van der Waals surface area contributed by atoms with Gasteiger partial charge in [-0.3, -0.25) is 5.32 Å². The van der Waals surface area contributed by atoms with Crippen LogP contribution in [0.15, 0.2) is 12.7 Å². The first-order valence-electron chi connectivity index (χ1n) is 5.45. The molecular weight excluding hydrogens is 204 g/mol. The van der Waals surface area contributed by atoms with Gasteiger partial charge in [-0.25, -0.2) is 4.79 Å². The summed E-state index contributed by atoms with van der Waals surface area (Å²) in [5.74, 6) is 2.44. The number of nitrogens with one attached hydrogen (secondary N) is 2. The predicted molar refractivity (Wildman–Crippen MR) is 64.8 cm³/mol. The van der Waals surface area contributed by atoms with Crippen LogP contribution in [-0.4, -0.2) is 25.4 Å². The summed E-state index contributed by atoms with van der Waals surface area (Å²) >= 11 is 0. The second kappa shape index (κ2) is 10.1. The van der Waals surface area contributed by atoms with E-state index in [-0.39, 0.29) is 6.17 Å². The Labute approximate surface area is 97.4 Å². The van der Waals surface area contributed by atoms with Gasteiger partial charge in [0.1, 0.15) is 0 Å². The predicted octanol–water partition coefficient (Wildman–Crippen LogP) is 1.64. The van der Waals surface area contributed by atoms with E-state index in [4.69, 9.17) is 11.2 Å². The zero-order valence-electron chi connectivity index (χ0n) is 9.79. The molecule has 0 aromatic heterocycles. The molecule has 4 heteroatoms. The van der Waals surface area contributed by atoms with E-state index in [0.717, 1.165) is 12.8 Å². The van der Waals surface area contributed by atoms with E-state index in [9.17, 15) is 4.79 Å². The molecule has 0 fully saturated rings. The fraction of sp³-hybridized carbons (Fsp3) is 0.583. The van der Waals surface area contributed by atoms with Crippen molar-refractivity contribution >= 4 is 6.09 Å². The van der Waals surface area contributed by atoms with Gasteiger partial charge in [-0.05, 0) is 12.8 Å². The smallest absolute Gasteiger partial charge is 0.408 e. The molecule has 0 aliphatic rings. The first-order valence-corrected chi connectivity index (χ1v) is 5.45. The highest BCUT2D eigenvalue weighted by atomic mass is 16.5. The van der Waals surface area contributed by atoms with Crippen molar-refractivity contribution in [2.24, 2.45) is 0 Å². The van der Waals surface area contributed by atoms with Gasteiger partial charge in [-0.15, -0.1) is 13.0 Å². The molecule has 0 spiro atoms. The van der Waals surface area contributed by atoms with Crippen LogP contribution in [-0.2, 0) is 4.74 Å². The molecular formula is C12H20N2O2. The molecule has 0 rings (SSSR count). The molecule has 1 atom stereocenters. The largest absolute Gasteiger partial charge is 0.450 e. The number of amides is 1. The lowest BCUT2D eigenvalue weighted by Gasteiger charge is -2.17. The van der Waals surface area contributed by atoms with E-state index in [2.05, 4.69) is 23.1 Å². The van der Waals surface area contributed by atoms with Crippen LogP contribution in [0.3, 0.4) is 0 Å². The highest BCUT2D eigenvalue weighted by molar-refractivity contribution is 5.67. The summed E-state index contributed by atoms with van der Waals surface area (Å²) in [5, 5.41) is 5.64. The molecule has 90 valence electrons. The molecule has 4 nitrogen and oxygen atoms in total. The van der Waals surface area contributed by atoms with E-state index in [1.54, 1.807) is 6.08 Å². The number of carbonyl (C=O) groups excluding carboxylic acids is 1. The minimum Gasteiger partial charge on any atom is -0.450 e. The summed E-state index contributed by atoms with van der Waals surface area (Å²) in [4.78, 5) is 11.3. The van der Waals surface area contributed by atoms with Crippen LogP contribution in [0.1, 0.15) is 26.2 Å². The quantitative estimate of drug-likeness (QED) is 0.285. The average Bonchev–Trinajstić information content (AvgIpc) is 2.26. The van der Waals surface area contributed by atoms with E-state index in [1.165, 1.54) is 0 Å². The van der Waals surface area contributed by atoms with E-state index >= 15 is 0 Å². The average molecular weight is 224 g/mol. The van der Waals surface area contributed by atoms with Crippen LogP contribution in [0, 0.1) is 12.3 Å². The van der Waals surface area contributed by atoms with E-state index in [1.807, 2.05) is 6.92 Å². The highest BCUT2D eigenvalue weighted by Crippen LogP contribution is 1.92. The number of ether oxygens (including phenoxy) is 1. The third-order valence-electron chi connectivity index (χ3n) is 1.88. The fourth-order valence-corrected chi connectivity index (χ4v) is 1.04. The van der Waals surface area contributed by atoms with Crippen molar-refractivity contribution in [1.82, 2.24) is 10.6 Å². The molecule has 2 N–H and O–H groups in total. The van der Waals surface area contributed by atoms with Gasteiger partial charge in [0.2, 0.25) is 0 Å². The molecule has 0 radical (unpaired) electrons. The van der Waals surface area contributed by atoms with Gasteiger partial charge in [0.05, 0.1) is 19.3 Å². The van der Waals surface area contributed by atoms with Gasteiger partial charge >= 0.3 is 6.09 Å². The molecule has 16 heavy (non-hydrogen) atoms. The topological polar surface area (TPSA) is 50.4 Å². The number of hydrogen-bond donors (Lipinski definition) is 2. The third-order valence-corrected chi connectivity index (χ3v) is 1.88. The Morgan fingerprint density at radius 3 is 3.00 bits per heavy atom. The SMILES string of the molecule is C#CCNC(CC=C)NC(=O)OCCCC. The summed E-state index contributed by atoms with van der Waals surface area (Å²) in [6.07, 6.45) is 8.66. The minimum atomic E-state index is -0.426. The van der Waals surface area contributed by atoms with Crippen molar-refractivity contribution < 1.29 is 9.53 Å². The number of carbonyl (C=O) groups is 1. The first kappa shape index (κ1) is 14.5. The Kier molecular flexibility index (Phi) is 9.14. The monoisotopic (exact) mass is 224 g/mol. The first-order chi connectivity index (χ1) is 7.74. The van der Waals surface area contributed by atoms with Crippen LogP contribution in [0.5, 0.6) is 0 Å².